The van der Waals surface area contributed by atoms with Crippen LogP contribution < -0.4 is 11.3 Å². The van der Waals surface area contributed by atoms with Gasteiger partial charge in [0.1, 0.15) is 5.82 Å². The predicted molar refractivity (Wildman–Crippen MR) is 79.7 cm³/mol. The highest BCUT2D eigenvalue weighted by Gasteiger charge is 2.19. The first-order valence-electron chi connectivity index (χ1n) is 6.32. The van der Waals surface area contributed by atoms with Crippen LogP contribution in [0.4, 0.5) is 5.82 Å². The fourth-order valence-electron chi connectivity index (χ4n) is 2.55. The molecular weight excluding hydrogens is 304 g/mol. The van der Waals surface area contributed by atoms with Crippen LogP contribution in [-0.4, -0.2) is 9.97 Å². The van der Waals surface area contributed by atoms with Crippen LogP contribution in [0.5, 0.6) is 0 Å². The van der Waals surface area contributed by atoms with Gasteiger partial charge in [-0.2, -0.15) is 0 Å². The summed E-state index contributed by atoms with van der Waals surface area (Å²) in [5.74, 6) is 7.10. The minimum atomic E-state index is 0.749. The van der Waals surface area contributed by atoms with Crippen molar-refractivity contribution in [3.63, 3.8) is 0 Å². The third-order valence-electron chi connectivity index (χ3n) is 3.50. The molecule has 0 amide bonds. The summed E-state index contributed by atoms with van der Waals surface area (Å²) in [6, 6.07) is 6.12. The number of halogens is 1. The Balaban J connectivity index is 2.15. The van der Waals surface area contributed by atoms with Crippen LogP contribution in [0.15, 0.2) is 22.7 Å². The van der Waals surface area contributed by atoms with Gasteiger partial charge in [0.25, 0.3) is 0 Å². The van der Waals surface area contributed by atoms with E-state index in [2.05, 4.69) is 39.3 Å². The Bertz CT molecular complexity index is 640. The maximum Gasteiger partial charge on any atom is 0.162 e. The Kier molecular flexibility index (Phi) is 3.24. The van der Waals surface area contributed by atoms with Crippen molar-refractivity contribution in [2.75, 3.05) is 5.43 Å². The number of anilines is 1. The Labute approximate surface area is 120 Å². The van der Waals surface area contributed by atoms with Crippen LogP contribution in [0.3, 0.4) is 0 Å². The number of hydrogen-bond acceptors (Lipinski definition) is 4. The number of fused-ring (bicyclic) bond motifs is 1. The summed E-state index contributed by atoms with van der Waals surface area (Å²) in [4.78, 5) is 9.26. The second-order valence-electron chi connectivity index (χ2n) is 4.78. The quantitative estimate of drug-likeness (QED) is 0.660. The molecule has 3 rings (SSSR count). The van der Waals surface area contributed by atoms with Crippen molar-refractivity contribution >= 4 is 21.7 Å². The zero-order chi connectivity index (χ0) is 13.4. The minimum absolute atomic E-state index is 0.749. The monoisotopic (exact) mass is 318 g/mol. The summed E-state index contributed by atoms with van der Waals surface area (Å²) in [5.41, 5.74) is 7.20. The molecule has 0 spiro atoms. The van der Waals surface area contributed by atoms with Crippen molar-refractivity contribution in [2.45, 2.75) is 26.2 Å². The number of nitrogens with one attached hydrogen (secondary N) is 1. The molecule has 3 N–H and O–H groups in total. The molecule has 1 aliphatic carbocycles. The van der Waals surface area contributed by atoms with E-state index in [1.54, 1.807) is 0 Å². The van der Waals surface area contributed by atoms with Gasteiger partial charge in [-0.15, -0.1) is 0 Å². The molecule has 5 heteroatoms. The maximum atomic E-state index is 5.58. The van der Waals surface area contributed by atoms with Gasteiger partial charge in [0, 0.05) is 21.3 Å². The molecular formula is C14H15BrN4. The number of nitrogens with zero attached hydrogens (tertiary/aromatic N) is 2. The first-order chi connectivity index (χ1) is 9.19. The topological polar surface area (TPSA) is 63.8 Å². The number of nitrogen functional groups attached to an aromatic ring is 1. The number of rotatable bonds is 2. The van der Waals surface area contributed by atoms with Gasteiger partial charge in [0.05, 0.1) is 0 Å². The fourth-order valence-corrected chi connectivity index (χ4v) is 3.03. The van der Waals surface area contributed by atoms with E-state index in [1.807, 2.05) is 12.1 Å². The zero-order valence-corrected chi connectivity index (χ0v) is 12.3. The van der Waals surface area contributed by atoms with E-state index in [0.717, 1.165) is 52.2 Å². The van der Waals surface area contributed by atoms with Crippen molar-refractivity contribution in [1.82, 2.24) is 9.97 Å². The lowest BCUT2D eigenvalue weighted by Crippen LogP contribution is -2.13. The predicted octanol–water partition coefficient (Wildman–Crippen LogP) is 2.99. The molecule has 0 atom stereocenters. The number of hydrazine groups is 1. The normalized spacial score (nSPS) is 13.4. The van der Waals surface area contributed by atoms with Gasteiger partial charge in [0.15, 0.2) is 5.82 Å². The van der Waals surface area contributed by atoms with Crippen LogP contribution in [0.2, 0.25) is 0 Å². The molecule has 2 aromatic rings. The maximum absolute atomic E-state index is 5.58. The highest BCUT2D eigenvalue weighted by atomic mass is 79.9. The van der Waals surface area contributed by atoms with Crippen LogP contribution in [-0.2, 0) is 12.8 Å². The van der Waals surface area contributed by atoms with Crippen molar-refractivity contribution < 1.29 is 0 Å². The Morgan fingerprint density at radius 3 is 2.84 bits per heavy atom. The SMILES string of the molecule is Cc1cc(Br)ccc1-c1nc2c(c(NN)n1)CCC2. The van der Waals surface area contributed by atoms with Crippen molar-refractivity contribution in [1.29, 1.82) is 0 Å². The van der Waals surface area contributed by atoms with Crippen LogP contribution in [0.1, 0.15) is 23.2 Å². The molecule has 0 bridgehead atoms. The Morgan fingerprint density at radius 2 is 2.11 bits per heavy atom. The number of benzene rings is 1. The van der Waals surface area contributed by atoms with Crippen LogP contribution in [0.25, 0.3) is 11.4 Å². The summed E-state index contributed by atoms with van der Waals surface area (Å²) >= 11 is 3.47. The Hall–Kier alpha value is -1.46. The highest BCUT2D eigenvalue weighted by Crippen LogP contribution is 2.30. The molecule has 1 aromatic heterocycles. The van der Waals surface area contributed by atoms with Crippen LogP contribution >= 0.6 is 15.9 Å². The molecule has 0 aliphatic heterocycles. The van der Waals surface area contributed by atoms with Gasteiger partial charge in [0.2, 0.25) is 0 Å². The fraction of sp³-hybridized carbons (Fsp3) is 0.286. The largest absolute Gasteiger partial charge is 0.308 e. The van der Waals surface area contributed by atoms with E-state index < -0.39 is 0 Å². The lowest BCUT2D eigenvalue weighted by atomic mass is 10.1. The minimum Gasteiger partial charge on any atom is -0.308 e. The van der Waals surface area contributed by atoms with Crippen molar-refractivity contribution in [3.8, 4) is 11.4 Å². The second-order valence-corrected chi connectivity index (χ2v) is 5.69. The van der Waals surface area contributed by atoms with E-state index in [0.29, 0.717) is 0 Å². The number of hydrogen-bond donors (Lipinski definition) is 2. The summed E-state index contributed by atoms with van der Waals surface area (Å²) < 4.78 is 1.06. The molecule has 0 fully saturated rings. The summed E-state index contributed by atoms with van der Waals surface area (Å²) in [5, 5.41) is 0. The lowest BCUT2D eigenvalue weighted by Gasteiger charge is -2.11. The first kappa shape index (κ1) is 12.6. The van der Waals surface area contributed by atoms with Gasteiger partial charge >= 0.3 is 0 Å². The number of nitrogens with two attached hydrogens (primary N) is 1. The van der Waals surface area contributed by atoms with Gasteiger partial charge in [-0.1, -0.05) is 15.9 Å². The number of aromatic nitrogens is 2. The second kappa shape index (κ2) is 4.90. The standard InChI is InChI=1S/C14H15BrN4/c1-8-7-9(15)5-6-10(8)13-17-12-4-2-3-11(12)14(18-13)19-16/h5-7H,2-4,16H2,1H3,(H,17,18,19). The van der Waals surface area contributed by atoms with Crippen LogP contribution in [0, 0.1) is 6.92 Å². The highest BCUT2D eigenvalue weighted by molar-refractivity contribution is 9.10. The van der Waals surface area contributed by atoms with E-state index >= 15 is 0 Å². The zero-order valence-electron chi connectivity index (χ0n) is 10.7. The smallest absolute Gasteiger partial charge is 0.162 e. The lowest BCUT2D eigenvalue weighted by molar-refractivity contribution is 0.900. The number of aryl methyl sites for hydroxylation is 2. The third kappa shape index (κ3) is 2.24. The van der Waals surface area contributed by atoms with Gasteiger partial charge in [-0.05, 0) is 49.9 Å². The molecule has 19 heavy (non-hydrogen) atoms. The van der Waals surface area contributed by atoms with E-state index in [9.17, 15) is 0 Å². The molecule has 4 nitrogen and oxygen atoms in total. The molecule has 1 heterocycles. The molecule has 1 aliphatic rings. The van der Waals surface area contributed by atoms with E-state index in [-0.39, 0.29) is 0 Å². The molecule has 0 unspecified atom stereocenters. The molecule has 0 saturated heterocycles. The first-order valence-corrected chi connectivity index (χ1v) is 7.11. The average Bonchev–Trinajstić information content (AvgIpc) is 2.85. The Morgan fingerprint density at radius 1 is 1.26 bits per heavy atom. The van der Waals surface area contributed by atoms with E-state index in [4.69, 9.17) is 10.8 Å². The van der Waals surface area contributed by atoms with E-state index in [1.165, 1.54) is 5.56 Å². The third-order valence-corrected chi connectivity index (χ3v) is 3.99. The molecule has 98 valence electrons. The summed E-state index contributed by atoms with van der Waals surface area (Å²) in [6.07, 6.45) is 3.14. The van der Waals surface area contributed by atoms with Crippen molar-refractivity contribution in [2.24, 2.45) is 5.84 Å². The van der Waals surface area contributed by atoms with Gasteiger partial charge in [-0.25, -0.2) is 15.8 Å². The molecule has 0 radical (unpaired) electrons. The average molecular weight is 319 g/mol. The summed E-state index contributed by atoms with van der Waals surface area (Å²) in [6.45, 7) is 2.06. The summed E-state index contributed by atoms with van der Waals surface area (Å²) in [7, 11) is 0. The molecule has 1 aromatic carbocycles. The molecule has 0 saturated carbocycles. The van der Waals surface area contributed by atoms with Crippen molar-refractivity contribution in [3.05, 3.63) is 39.5 Å². The van der Waals surface area contributed by atoms with Gasteiger partial charge in [-0.3, -0.25) is 0 Å². The van der Waals surface area contributed by atoms with Gasteiger partial charge < -0.3 is 5.43 Å².